The second-order valence-electron chi connectivity index (χ2n) is 1.42. The molecule has 0 saturated heterocycles. The zero-order valence-corrected chi connectivity index (χ0v) is 8.15. The molecular formula is CH4O6P2Tc-2. The number of rotatable bonds is 2. The van der Waals surface area contributed by atoms with Crippen LogP contribution in [0.2, 0.25) is 0 Å². The average molecular weight is 273 g/mol. The van der Waals surface area contributed by atoms with Crippen LogP contribution in [-0.4, -0.2) is 15.7 Å². The Hall–Kier alpha value is 0.949. The van der Waals surface area contributed by atoms with Crippen molar-refractivity contribution in [1.82, 2.24) is 0 Å². The van der Waals surface area contributed by atoms with Crippen LogP contribution in [0.25, 0.3) is 0 Å². The molecule has 0 heterocycles. The molecule has 0 fully saturated rings. The van der Waals surface area contributed by atoms with E-state index in [0.29, 0.717) is 0 Å². The zero-order valence-electron chi connectivity index (χ0n) is 4.51. The van der Waals surface area contributed by atoms with Crippen LogP contribution in [-0.2, 0) is 29.2 Å². The third-order valence-electron chi connectivity index (χ3n) is 0.357. The molecule has 2 unspecified atom stereocenters. The van der Waals surface area contributed by atoms with Crippen LogP contribution in [0.1, 0.15) is 0 Å². The van der Waals surface area contributed by atoms with Crippen LogP contribution in [0.5, 0.6) is 0 Å². The van der Waals surface area contributed by atoms with Crippen molar-refractivity contribution in [3.05, 3.63) is 0 Å². The van der Waals surface area contributed by atoms with E-state index < -0.39 is 21.1 Å². The number of hydrogen-bond donors (Lipinski definition) is 2. The molecule has 0 aliphatic heterocycles. The monoisotopic (exact) mass is 273 g/mol. The van der Waals surface area contributed by atoms with E-state index in [1.807, 2.05) is 0 Å². The first kappa shape index (κ1) is 13.5. The molecule has 0 aliphatic carbocycles. The van der Waals surface area contributed by atoms with Gasteiger partial charge in [-0.15, -0.1) is 0 Å². The molecule has 2 atom stereocenters. The fraction of sp³-hybridized carbons (Fsp3) is 1.00. The van der Waals surface area contributed by atoms with Gasteiger partial charge in [0, 0.05) is 20.1 Å². The van der Waals surface area contributed by atoms with Crippen LogP contribution in [0.15, 0.2) is 0 Å². The van der Waals surface area contributed by atoms with Crippen molar-refractivity contribution in [1.29, 1.82) is 0 Å². The molecule has 0 saturated carbocycles. The molecule has 0 aromatic rings. The Labute approximate surface area is 70.3 Å². The normalized spacial score (nSPS) is 22.0. The Morgan fingerprint density at radius 1 is 1.10 bits per heavy atom. The largest absolute Gasteiger partial charge is 0.778 e. The van der Waals surface area contributed by atoms with Gasteiger partial charge in [-0.25, -0.2) is 0 Å². The van der Waals surface area contributed by atoms with Crippen molar-refractivity contribution in [2.75, 3.05) is 5.90 Å². The predicted octanol–water partition coefficient (Wildman–Crippen LogP) is -1.97. The van der Waals surface area contributed by atoms with Gasteiger partial charge in [0.2, 0.25) is 0 Å². The predicted molar refractivity (Wildman–Crippen MR) is 24.5 cm³/mol. The van der Waals surface area contributed by atoms with Crippen molar-refractivity contribution in [2.45, 2.75) is 0 Å². The molecule has 10 heavy (non-hydrogen) atoms. The summed E-state index contributed by atoms with van der Waals surface area (Å²) in [5.74, 6) is -1.60. The van der Waals surface area contributed by atoms with Crippen LogP contribution < -0.4 is 9.79 Å². The Bertz CT molecular complexity index is 156. The summed E-state index contributed by atoms with van der Waals surface area (Å²) in [6.07, 6.45) is 0. The fourth-order valence-electron chi connectivity index (χ4n) is 0.226. The molecule has 1 radical (unpaired) electrons. The van der Waals surface area contributed by atoms with Crippen LogP contribution in [0.4, 0.5) is 0 Å². The Morgan fingerprint density at radius 2 is 1.30 bits per heavy atom. The molecule has 0 rings (SSSR count). The minimum Gasteiger partial charge on any atom is -0.778 e. The zero-order chi connectivity index (χ0) is 7.71. The smallest absolute Gasteiger partial charge is 0.140 e. The van der Waals surface area contributed by atoms with E-state index in [4.69, 9.17) is 9.79 Å². The molecular weight excluding hydrogens is 269 g/mol. The Kier molecular flexibility index (Phi) is 5.54. The minimum absolute atomic E-state index is 0. The van der Waals surface area contributed by atoms with E-state index >= 15 is 0 Å². The van der Waals surface area contributed by atoms with Crippen LogP contribution in [0, 0.1) is 0 Å². The van der Waals surface area contributed by atoms with E-state index in [2.05, 4.69) is 0 Å². The van der Waals surface area contributed by atoms with Crippen molar-refractivity contribution < 1.29 is 48.8 Å². The molecule has 9 heteroatoms. The summed E-state index contributed by atoms with van der Waals surface area (Å²) >= 11 is 0. The van der Waals surface area contributed by atoms with Gasteiger partial charge in [0.05, 0.1) is 5.90 Å². The maximum atomic E-state index is 9.70. The third-order valence-corrected chi connectivity index (χ3v) is 3.22. The Morgan fingerprint density at radius 3 is 1.30 bits per heavy atom. The van der Waals surface area contributed by atoms with E-state index in [1.54, 1.807) is 0 Å². The van der Waals surface area contributed by atoms with Crippen molar-refractivity contribution in [3.8, 4) is 0 Å². The summed E-state index contributed by atoms with van der Waals surface area (Å²) in [4.78, 5) is 35.0. The molecule has 63 valence electrons. The van der Waals surface area contributed by atoms with E-state index in [1.165, 1.54) is 0 Å². The van der Waals surface area contributed by atoms with Crippen LogP contribution >= 0.6 is 15.2 Å². The first-order valence-corrected chi connectivity index (χ1v) is 5.29. The van der Waals surface area contributed by atoms with Gasteiger partial charge in [-0.1, -0.05) is 0 Å². The fourth-order valence-corrected chi connectivity index (χ4v) is 2.03. The molecule has 6 nitrogen and oxygen atoms in total. The SMILES string of the molecule is O=P([O-])(O)CP(=O)([O-])O.[99Tc]. The quantitative estimate of drug-likeness (QED) is 0.563. The van der Waals surface area contributed by atoms with E-state index in [0.717, 1.165) is 0 Å². The van der Waals surface area contributed by atoms with E-state index in [-0.39, 0.29) is 20.1 Å². The molecule has 0 aliphatic rings. The van der Waals surface area contributed by atoms with Gasteiger partial charge < -0.3 is 28.7 Å². The first-order valence-electron chi connectivity index (χ1n) is 1.76. The summed E-state index contributed by atoms with van der Waals surface area (Å²) < 4.78 is 19.4. The summed E-state index contributed by atoms with van der Waals surface area (Å²) in [5.41, 5.74) is 0. The number of hydrogen-bond acceptors (Lipinski definition) is 4. The van der Waals surface area contributed by atoms with Gasteiger partial charge >= 0.3 is 0 Å². The minimum atomic E-state index is -4.86. The van der Waals surface area contributed by atoms with Crippen molar-refractivity contribution in [2.24, 2.45) is 0 Å². The molecule has 0 spiro atoms. The second-order valence-corrected chi connectivity index (χ2v) is 5.10. The van der Waals surface area contributed by atoms with Crippen molar-refractivity contribution >= 4 is 15.2 Å². The van der Waals surface area contributed by atoms with Gasteiger partial charge in [-0.2, -0.15) is 0 Å². The summed E-state index contributed by atoms with van der Waals surface area (Å²) in [7, 11) is -9.73. The molecule has 2 N–H and O–H groups in total. The van der Waals surface area contributed by atoms with Gasteiger partial charge in [-0.3, -0.25) is 0 Å². The summed E-state index contributed by atoms with van der Waals surface area (Å²) in [5, 5.41) is 0. The maximum absolute atomic E-state index is 9.70. The first-order chi connectivity index (χ1) is 3.71. The van der Waals surface area contributed by atoms with Gasteiger partial charge in [0.1, 0.15) is 15.2 Å². The molecule has 0 aromatic heterocycles. The third kappa shape index (κ3) is 11.7. The molecule has 0 bridgehead atoms. The van der Waals surface area contributed by atoms with Gasteiger partial charge in [-0.05, 0) is 0 Å². The maximum Gasteiger partial charge on any atom is 0.140 e. The molecule has 0 aromatic carbocycles. The molecule has 0 amide bonds. The average Bonchev–Trinajstić information content (AvgIpc) is 1.14. The van der Waals surface area contributed by atoms with Gasteiger partial charge in [0.15, 0.2) is 0 Å². The van der Waals surface area contributed by atoms with Crippen LogP contribution in [0.3, 0.4) is 0 Å². The van der Waals surface area contributed by atoms with E-state index in [9.17, 15) is 18.9 Å². The topological polar surface area (TPSA) is 121 Å². The summed E-state index contributed by atoms with van der Waals surface area (Å²) in [6, 6.07) is 0. The standard InChI is InChI=1S/CH6O6P2.Tc/c2-8(3,4)1-9(5,6)7;/h1H2,(H2,2,3,4)(H2,5,6,7);/p-2/i;1+1. The van der Waals surface area contributed by atoms with Crippen molar-refractivity contribution in [3.63, 3.8) is 0 Å². The Balaban J connectivity index is 0. The second kappa shape index (κ2) is 4.10. The summed E-state index contributed by atoms with van der Waals surface area (Å²) in [6.45, 7) is 0. The van der Waals surface area contributed by atoms with Gasteiger partial charge in [0.25, 0.3) is 0 Å².